The molecule has 3 amide bonds. The Labute approximate surface area is 222 Å². The van der Waals surface area contributed by atoms with Gasteiger partial charge in [0.15, 0.2) is 11.5 Å². The minimum atomic E-state index is -0.914. The summed E-state index contributed by atoms with van der Waals surface area (Å²) >= 11 is 0. The lowest BCUT2D eigenvalue weighted by molar-refractivity contribution is -0.138. The summed E-state index contributed by atoms with van der Waals surface area (Å²) in [6.07, 6.45) is -0.0927. The van der Waals surface area contributed by atoms with Crippen molar-refractivity contribution in [3.8, 4) is 23.0 Å². The highest BCUT2D eigenvalue weighted by Gasteiger charge is 2.37. The summed E-state index contributed by atoms with van der Waals surface area (Å²) < 4.78 is 21.3. The van der Waals surface area contributed by atoms with E-state index in [1.165, 1.54) is 26.2 Å². The van der Waals surface area contributed by atoms with Gasteiger partial charge in [-0.2, -0.15) is 0 Å². The molecule has 1 atom stereocenters. The largest absolute Gasteiger partial charge is 0.497 e. The van der Waals surface area contributed by atoms with Gasteiger partial charge < -0.3 is 39.0 Å². The summed E-state index contributed by atoms with van der Waals surface area (Å²) in [5.74, 6) is 0.924. The molecule has 0 bridgehead atoms. The number of amides is 3. The second-order valence-electron chi connectivity index (χ2n) is 8.99. The van der Waals surface area contributed by atoms with Crippen LogP contribution in [0.1, 0.15) is 16.8 Å². The van der Waals surface area contributed by atoms with Crippen molar-refractivity contribution >= 4 is 23.4 Å². The molecule has 0 unspecified atom stereocenters. The van der Waals surface area contributed by atoms with E-state index in [4.69, 9.17) is 18.9 Å². The van der Waals surface area contributed by atoms with Crippen molar-refractivity contribution in [2.24, 2.45) is 0 Å². The number of nitrogens with one attached hydrogen (secondary N) is 1. The van der Waals surface area contributed by atoms with Gasteiger partial charge in [0.25, 0.3) is 5.91 Å². The summed E-state index contributed by atoms with van der Waals surface area (Å²) in [6, 6.07) is 10.00. The lowest BCUT2D eigenvalue weighted by Gasteiger charge is -2.39. The summed E-state index contributed by atoms with van der Waals surface area (Å²) in [5.41, 5.74) is 1.34. The van der Waals surface area contributed by atoms with E-state index in [2.05, 4.69) is 10.2 Å². The molecule has 0 radical (unpaired) electrons. The molecule has 1 N–H and O–H groups in total. The van der Waals surface area contributed by atoms with Crippen LogP contribution in [-0.4, -0.2) is 101 Å². The maximum atomic E-state index is 13.5. The number of hydrogen-bond donors (Lipinski definition) is 1. The van der Waals surface area contributed by atoms with Crippen molar-refractivity contribution < 1.29 is 33.3 Å². The Morgan fingerprint density at radius 1 is 0.868 bits per heavy atom. The molecule has 2 heterocycles. The van der Waals surface area contributed by atoms with Gasteiger partial charge in [-0.3, -0.25) is 14.4 Å². The summed E-state index contributed by atoms with van der Waals surface area (Å²) in [7, 11) is 6.05. The number of rotatable bonds is 8. The van der Waals surface area contributed by atoms with Gasteiger partial charge in [-0.1, -0.05) is 0 Å². The van der Waals surface area contributed by atoms with Gasteiger partial charge in [0.2, 0.25) is 17.6 Å². The molecule has 4 rings (SSSR count). The van der Waals surface area contributed by atoms with Crippen LogP contribution in [0.15, 0.2) is 36.4 Å². The molecular formula is C27H34N4O7. The fraction of sp³-hybridized carbons (Fsp3) is 0.444. The Bertz CT molecular complexity index is 1140. The van der Waals surface area contributed by atoms with Gasteiger partial charge in [-0.15, -0.1) is 0 Å². The molecule has 2 aliphatic rings. The predicted octanol–water partition coefficient (Wildman–Crippen LogP) is 1.40. The van der Waals surface area contributed by atoms with E-state index in [0.29, 0.717) is 50.0 Å². The first kappa shape index (κ1) is 26.9. The standard InChI is InChI=1S/C27H34N4O7/c1-35-20-7-5-19(6-8-20)29-11-13-30(14-12-29)24(32)17-21-26(33)28-9-10-31(21)27(34)18-15-22(36-2)25(38-4)23(16-18)37-3/h5-8,15-16,21H,9-14,17H2,1-4H3,(H,28,33)/t21-/m1/s1. The highest BCUT2D eigenvalue weighted by molar-refractivity contribution is 6.00. The van der Waals surface area contributed by atoms with Crippen LogP contribution in [0, 0.1) is 0 Å². The third kappa shape index (κ3) is 5.56. The molecule has 204 valence electrons. The van der Waals surface area contributed by atoms with Gasteiger partial charge >= 0.3 is 0 Å². The lowest BCUT2D eigenvalue weighted by atomic mass is 10.0. The zero-order valence-corrected chi connectivity index (χ0v) is 22.2. The molecule has 0 aliphatic carbocycles. The Kier molecular flexibility index (Phi) is 8.45. The highest BCUT2D eigenvalue weighted by Crippen LogP contribution is 2.38. The first-order chi connectivity index (χ1) is 18.4. The summed E-state index contributed by atoms with van der Waals surface area (Å²) in [5, 5.41) is 2.79. The van der Waals surface area contributed by atoms with Crippen LogP contribution >= 0.6 is 0 Å². The molecule has 0 saturated carbocycles. The SMILES string of the molecule is COc1ccc(N2CCN(C(=O)C[C@@H]3C(=O)NCCN3C(=O)c3cc(OC)c(OC)c(OC)c3)CC2)cc1. The zero-order valence-electron chi connectivity index (χ0n) is 22.2. The minimum Gasteiger partial charge on any atom is -0.497 e. The number of benzene rings is 2. The van der Waals surface area contributed by atoms with Crippen molar-refractivity contribution in [3.63, 3.8) is 0 Å². The number of carbonyl (C=O) groups is 3. The van der Waals surface area contributed by atoms with E-state index in [0.717, 1.165) is 11.4 Å². The molecule has 2 saturated heterocycles. The van der Waals surface area contributed by atoms with Crippen LogP contribution in [0.3, 0.4) is 0 Å². The van der Waals surface area contributed by atoms with Crippen molar-refractivity contribution in [1.29, 1.82) is 0 Å². The van der Waals surface area contributed by atoms with Crippen molar-refractivity contribution in [2.45, 2.75) is 12.5 Å². The second kappa shape index (κ2) is 11.9. The van der Waals surface area contributed by atoms with Crippen LogP contribution < -0.4 is 29.2 Å². The van der Waals surface area contributed by atoms with Crippen LogP contribution in [-0.2, 0) is 9.59 Å². The molecule has 11 heteroatoms. The third-order valence-electron chi connectivity index (χ3n) is 6.94. The molecule has 2 fully saturated rings. The van der Waals surface area contributed by atoms with Gasteiger partial charge in [-0.05, 0) is 36.4 Å². The van der Waals surface area contributed by atoms with E-state index < -0.39 is 6.04 Å². The van der Waals surface area contributed by atoms with Gasteiger partial charge in [0.05, 0.1) is 34.9 Å². The smallest absolute Gasteiger partial charge is 0.254 e. The number of ether oxygens (including phenoxy) is 4. The molecule has 0 spiro atoms. The number of piperazine rings is 2. The Hall–Kier alpha value is -4.15. The fourth-order valence-corrected chi connectivity index (χ4v) is 4.83. The highest BCUT2D eigenvalue weighted by atomic mass is 16.5. The van der Waals surface area contributed by atoms with E-state index in [9.17, 15) is 14.4 Å². The molecule has 2 aromatic rings. The first-order valence-electron chi connectivity index (χ1n) is 12.5. The number of hydrogen-bond acceptors (Lipinski definition) is 8. The topological polar surface area (TPSA) is 110 Å². The fourth-order valence-electron chi connectivity index (χ4n) is 4.83. The molecule has 2 aliphatic heterocycles. The van der Waals surface area contributed by atoms with Crippen molar-refractivity contribution in [2.75, 3.05) is 72.6 Å². The number of anilines is 1. The second-order valence-corrected chi connectivity index (χ2v) is 8.99. The summed E-state index contributed by atoms with van der Waals surface area (Å²) in [6.45, 7) is 2.98. The van der Waals surface area contributed by atoms with Crippen molar-refractivity contribution in [1.82, 2.24) is 15.1 Å². The Morgan fingerprint density at radius 2 is 1.50 bits per heavy atom. The maximum Gasteiger partial charge on any atom is 0.254 e. The third-order valence-corrected chi connectivity index (χ3v) is 6.94. The van der Waals surface area contributed by atoms with Crippen LogP contribution in [0.25, 0.3) is 0 Å². The number of carbonyl (C=O) groups excluding carboxylic acids is 3. The van der Waals surface area contributed by atoms with E-state index in [1.54, 1.807) is 24.1 Å². The minimum absolute atomic E-state index is 0.0927. The Morgan fingerprint density at radius 3 is 2.05 bits per heavy atom. The quantitative estimate of drug-likeness (QED) is 0.550. The monoisotopic (exact) mass is 526 g/mol. The molecular weight excluding hydrogens is 492 g/mol. The normalized spacial score (nSPS) is 17.5. The zero-order chi connectivity index (χ0) is 27.2. The van der Waals surface area contributed by atoms with Gasteiger partial charge in [0.1, 0.15) is 11.8 Å². The van der Waals surface area contributed by atoms with E-state index in [-0.39, 0.29) is 36.3 Å². The van der Waals surface area contributed by atoms with Crippen LogP contribution in [0.4, 0.5) is 5.69 Å². The average molecular weight is 527 g/mol. The predicted molar refractivity (Wildman–Crippen MR) is 140 cm³/mol. The van der Waals surface area contributed by atoms with E-state index in [1.807, 2.05) is 24.3 Å². The van der Waals surface area contributed by atoms with Gasteiger partial charge in [-0.25, -0.2) is 0 Å². The average Bonchev–Trinajstić information content (AvgIpc) is 2.97. The van der Waals surface area contributed by atoms with E-state index >= 15 is 0 Å². The Balaban J connectivity index is 1.44. The molecule has 0 aromatic heterocycles. The molecule has 38 heavy (non-hydrogen) atoms. The summed E-state index contributed by atoms with van der Waals surface area (Å²) in [4.78, 5) is 45.0. The number of nitrogens with zero attached hydrogens (tertiary/aromatic N) is 3. The molecule has 11 nitrogen and oxygen atoms in total. The van der Waals surface area contributed by atoms with Gasteiger partial charge in [0, 0.05) is 50.5 Å². The number of methoxy groups -OCH3 is 4. The van der Waals surface area contributed by atoms with Crippen LogP contribution in [0.5, 0.6) is 23.0 Å². The van der Waals surface area contributed by atoms with Crippen molar-refractivity contribution in [3.05, 3.63) is 42.0 Å². The lowest BCUT2D eigenvalue weighted by Crippen LogP contribution is -2.59. The first-order valence-corrected chi connectivity index (χ1v) is 12.5. The maximum absolute atomic E-state index is 13.5. The van der Waals surface area contributed by atoms with Crippen LogP contribution in [0.2, 0.25) is 0 Å². The molecule has 2 aromatic carbocycles.